The average molecular weight is 269 g/mol. The van der Waals surface area contributed by atoms with Crippen molar-refractivity contribution in [2.45, 2.75) is 25.0 Å². The van der Waals surface area contributed by atoms with Gasteiger partial charge in [-0.15, -0.1) is 0 Å². The van der Waals surface area contributed by atoms with Gasteiger partial charge in [0.1, 0.15) is 0 Å². The number of aromatic amines is 1. The van der Waals surface area contributed by atoms with E-state index >= 15 is 0 Å². The fourth-order valence-corrected chi connectivity index (χ4v) is 2.07. The molecule has 0 unspecified atom stereocenters. The molecule has 0 aliphatic carbocycles. The third kappa shape index (κ3) is 4.30. The number of carbonyl (C=O) groups excluding carboxylic acids is 1. The highest BCUT2D eigenvalue weighted by Crippen LogP contribution is 2.12. The molecule has 1 aliphatic heterocycles. The summed E-state index contributed by atoms with van der Waals surface area (Å²) < 4.78 is 10.9. The van der Waals surface area contributed by atoms with Crippen LogP contribution in [0.25, 0.3) is 0 Å². The summed E-state index contributed by atoms with van der Waals surface area (Å²) in [7, 11) is 0. The monoisotopic (exact) mass is 269 g/mol. The lowest BCUT2D eigenvalue weighted by Gasteiger charge is -2.31. The first-order valence-electron chi connectivity index (χ1n) is 6.36. The standard InChI is InChI=1S/C12H19N3O4/c16-2-4-19-11-1-3-18-7-10(11)15-12(17)5-9-6-13-8-14-9/h6,8,10-11,16H,1-5,7H2,(H,13,14)(H,15,17)/t10-,11+/m0/s1. The number of carbonyl (C=O) groups is 1. The van der Waals surface area contributed by atoms with Crippen LogP contribution < -0.4 is 5.32 Å². The fourth-order valence-electron chi connectivity index (χ4n) is 2.07. The molecule has 1 aromatic heterocycles. The van der Waals surface area contributed by atoms with Crippen molar-refractivity contribution in [3.8, 4) is 0 Å². The van der Waals surface area contributed by atoms with Crippen LogP contribution in [0.2, 0.25) is 0 Å². The van der Waals surface area contributed by atoms with Crippen molar-refractivity contribution >= 4 is 5.91 Å². The molecule has 7 heteroatoms. The summed E-state index contributed by atoms with van der Waals surface area (Å²) in [6.45, 7) is 1.30. The smallest absolute Gasteiger partial charge is 0.226 e. The van der Waals surface area contributed by atoms with Crippen LogP contribution in [0.1, 0.15) is 12.1 Å². The average Bonchev–Trinajstić information content (AvgIpc) is 2.90. The molecular weight excluding hydrogens is 250 g/mol. The number of hydrogen-bond acceptors (Lipinski definition) is 5. The summed E-state index contributed by atoms with van der Waals surface area (Å²) in [6, 6.07) is -0.171. The molecular formula is C12H19N3O4. The second-order valence-electron chi connectivity index (χ2n) is 4.42. The van der Waals surface area contributed by atoms with Crippen molar-refractivity contribution in [1.29, 1.82) is 0 Å². The van der Waals surface area contributed by atoms with E-state index in [2.05, 4.69) is 15.3 Å². The minimum atomic E-state index is -0.171. The van der Waals surface area contributed by atoms with E-state index in [4.69, 9.17) is 14.6 Å². The van der Waals surface area contributed by atoms with Crippen LogP contribution in [0.4, 0.5) is 0 Å². The van der Waals surface area contributed by atoms with Gasteiger partial charge < -0.3 is 24.9 Å². The number of aliphatic hydroxyl groups excluding tert-OH is 1. The maximum Gasteiger partial charge on any atom is 0.226 e. The molecule has 1 aromatic rings. The molecule has 106 valence electrons. The van der Waals surface area contributed by atoms with Gasteiger partial charge in [0.2, 0.25) is 5.91 Å². The molecule has 2 heterocycles. The number of aliphatic hydroxyl groups is 1. The van der Waals surface area contributed by atoms with E-state index in [9.17, 15) is 4.79 Å². The Morgan fingerprint density at radius 3 is 3.32 bits per heavy atom. The van der Waals surface area contributed by atoms with E-state index in [1.54, 1.807) is 12.5 Å². The third-order valence-electron chi connectivity index (χ3n) is 2.97. The van der Waals surface area contributed by atoms with Crippen molar-refractivity contribution in [1.82, 2.24) is 15.3 Å². The van der Waals surface area contributed by atoms with Crippen LogP contribution in [0.5, 0.6) is 0 Å². The molecule has 2 atom stereocenters. The Hall–Kier alpha value is -1.44. The van der Waals surface area contributed by atoms with Crippen molar-refractivity contribution in [2.24, 2.45) is 0 Å². The van der Waals surface area contributed by atoms with E-state index in [-0.39, 0.29) is 37.7 Å². The highest BCUT2D eigenvalue weighted by molar-refractivity contribution is 5.78. The summed E-state index contributed by atoms with van der Waals surface area (Å²) in [6.07, 6.45) is 4.03. The Balaban J connectivity index is 1.82. The molecule has 19 heavy (non-hydrogen) atoms. The van der Waals surface area contributed by atoms with Gasteiger partial charge in [-0.2, -0.15) is 0 Å². The number of H-pyrrole nitrogens is 1. The summed E-state index contributed by atoms with van der Waals surface area (Å²) in [5.41, 5.74) is 0.766. The third-order valence-corrected chi connectivity index (χ3v) is 2.97. The maximum absolute atomic E-state index is 11.9. The van der Waals surface area contributed by atoms with Gasteiger partial charge in [-0.1, -0.05) is 0 Å². The zero-order chi connectivity index (χ0) is 13.5. The van der Waals surface area contributed by atoms with Crippen LogP contribution in [0, 0.1) is 0 Å². The zero-order valence-corrected chi connectivity index (χ0v) is 10.7. The first kappa shape index (κ1) is 14.0. The largest absolute Gasteiger partial charge is 0.394 e. The molecule has 7 nitrogen and oxygen atoms in total. The quantitative estimate of drug-likeness (QED) is 0.630. The first-order chi connectivity index (χ1) is 9.29. The number of aromatic nitrogens is 2. The molecule has 0 radical (unpaired) electrons. The van der Waals surface area contributed by atoms with Gasteiger partial charge in [-0.05, 0) is 6.42 Å². The Morgan fingerprint density at radius 1 is 1.68 bits per heavy atom. The number of imidazole rings is 1. The minimum Gasteiger partial charge on any atom is -0.394 e. The lowest BCUT2D eigenvalue weighted by atomic mass is 10.1. The molecule has 1 aliphatic rings. The Morgan fingerprint density at radius 2 is 2.58 bits per heavy atom. The van der Waals surface area contributed by atoms with Gasteiger partial charge >= 0.3 is 0 Å². The number of nitrogens with one attached hydrogen (secondary N) is 2. The van der Waals surface area contributed by atoms with Crippen molar-refractivity contribution in [3.05, 3.63) is 18.2 Å². The fraction of sp³-hybridized carbons (Fsp3) is 0.667. The molecule has 0 spiro atoms. The number of ether oxygens (including phenoxy) is 2. The molecule has 0 bridgehead atoms. The van der Waals surface area contributed by atoms with Gasteiger partial charge in [-0.3, -0.25) is 4.79 Å². The van der Waals surface area contributed by atoms with E-state index < -0.39 is 0 Å². The number of amides is 1. The SMILES string of the molecule is O=C(Cc1cnc[nH]1)N[C@H]1COCC[C@H]1OCCO. The van der Waals surface area contributed by atoms with Crippen molar-refractivity contribution in [2.75, 3.05) is 26.4 Å². The topological polar surface area (TPSA) is 96.5 Å². The predicted octanol–water partition coefficient (Wildman–Crippen LogP) is -0.765. The Labute approximate surface area is 111 Å². The van der Waals surface area contributed by atoms with E-state index in [1.807, 2.05) is 0 Å². The lowest BCUT2D eigenvalue weighted by Crippen LogP contribution is -2.51. The Kier molecular flexibility index (Phi) is 5.31. The van der Waals surface area contributed by atoms with Crippen molar-refractivity contribution in [3.63, 3.8) is 0 Å². The minimum absolute atomic E-state index is 0.0217. The molecule has 1 amide bonds. The first-order valence-corrected chi connectivity index (χ1v) is 6.36. The van der Waals surface area contributed by atoms with Crippen LogP contribution >= 0.6 is 0 Å². The molecule has 2 rings (SSSR count). The zero-order valence-electron chi connectivity index (χ0n) is 10.7. The van der Waals surface area contributed by atoms with Gasteiger partial charge in [0, 0.05) is 18.5 Å². The van der Waals surface area contributed by atoms with Crippen LogP contribution in [0.15, 0.2) is 12.5 Å². The summed E-state index contributed by atoms with van der Waals surface area (Å²) >= 11 is 0. The van der Waals surface area contributed by atoms with Crippen LogP contribution in [-0.4, -0.2) is 59.6 Å². The number of hydrogen-bond donors (Lipinski definition) is 3. The highest BCUT2D eigenvalue weighted by Gasteiger charge is 2.27. The number of nitrogens with zero attached hydrogens (tertiary/aromatic N) is 1. The molecule has 0 aromatic carbocycles. The van der Waals surface area contributed by atoms with E-state index in [1.165, 1.54) is 0 Å². The summed E-state index contributed by atoms with van der Waals surface area (Å²) in [5, 5.41) is 11.7. The molecule has 0 saturated carbocycles. The van der Waals surface area contributed by atoms with E-state index in [0.717, 1.165) is 12.1 Å². The molecule has 1 saturated heterocycles. The van der Waals surface area contributed by atoms with Crippen LogP contribution in [0.3, 0.4) is 0 Å². The Bertz CT molecular complexity index is 382. The van der Waals surface area contributed by atoms with Gasteiger partial charge in [-0.25, -0.2) is 4.98 Å². The normalized spacial score (nSPS) is 23.2. The van der Waals surface area contributed by atoms with Crippen molar-refractivity contribution < 1.29 is 19.4 Å². The molecule has 3 N–H and O–H groups in total. The second kappa shape index (κ2) is 7.22. The summed E-state index contributed by atoms with van der Waals surface area (Å²) in [5.74, 6) is -0.0997. The summed E-state index contributed by atoms with van der Waals surface area (Å²) in [4.78, 5) is 18.6. The van der Waals surface area contributed by atoms with Crippen LogP contribution in [-0.2, 0) is 20.7 Å². The lowest BCUT2D eigenvalue weighted by molar-refractivity contribution is -0.125. The van der Waals surface area contributed by atoms with Gasteiger partial charge in [0.25, 0.3) is 0 Å². The van der Waals surface area contributed by atoms with E-state index in [0.29, 0.717) is 13.2 Å². The maximum atomic E-state index is 11.9. The van der Waals surface area contributed by atoms with Gasteiger partial charge in [0.15, 0.2) is 0 Å². The predicted molar refractivity (Wildman–Crippen MR) is 66.5 cm³/mol. The van der Waals surface area contributed by atoms with Gasteiger partial charge in [0.05, 0.1) is 44.7 Å². The number of rotatable bonds is 6. The highest BCUT2D eigenvalue weighted by atomic mass is 16.5. The second-order valence-corrected chi connectivity index (χ2v) is 4.42. The molecule has 1 fully saturated rings.